The van der Waals surface area contributed by atoms with Crippen LogP contribution in [0.3, 0.4) is 0 Å². The van der Waals surface area contributed by atoms with E-state index in [1.165, 1.54) is 9.24 Å². The van der Waals surface area contributed by atoms with Crippen molar-refractivity contribution in [2.75, 3.05) is 5.01 Å². The van der Waals surface area contributed by atoms with Gasteiger partial charge < -0.3 is 0 Å². The fourth-order valence-electron chi connectivity index (χ4n) is 2.51. The molecule has 1 aliphatic rings. The van der Waals surface area contributed by atoms with Gasteiger partial charge in [0.25, 0.3) is 0 Å². The Morgan fingerprint density at radius 1 is 1.10 bits per heavy atom. The minimum atomic E-state index is -0.407. The number of carbonyl (C=O) groups is 2. The highest BCUT2D eigenvalue weighted by atomic mass is 79.9. The summed E-state index contributed by atoms with van der Waals surface area (Å²) in [4.78, 5) is 36.4. The van der Waals surface area contributed by atoms with Crippen LogP contribution in [0.1, 0.15) is 19.3 Å². The van der Waals surface area contributed by atoms with Crippen LogP contribution in [0.4, 0.5) is 0 Å². The molecule has 0 unspecified atom stereocenters. The highest BCUT2D eigenvalue weighted by molar-refractivity contribution is 9.10. The number of benzene rings is 1. The molecule has 0 bridgehead atoms. The summed E-state index contributed by atoms with van der Waals surface area (Å²) >= 11 is 3.39. The summed E-state index contributed by atoms with van der Waals surface area (Å²) in [5.41, 5.74) is 0.787. The number of imidazole rings is 1. The first-order valence-electron chi connectivity index (χ1n) is 6.24. The topological polar surface area (TPSA) is 64.3 Å². The minimum Gasteiger partial charge on any atom is -0.292 e. The predicted molar refractivity (Wildman–Crippen MR) is 77.0 cm³/mol. The molecule has 1 saturated heterocycles. The van der Waals surface area contributed by atoms with Gasteiger partial charge in [0, 0.05) is 24.4 Å². The third-order valence-electron chi connectivity index (χ3n) is 3.45. The second-order valence-electron chi connectivity index (χ2n) is 4.71. The largest absolute Gasteiger partial charge is 0.348 e. The predicted octanol–water partition coefficient (Wildman–Crippen LogP) is 1.28. The number of aromatic nitrogens is 2. The summed E-state index contributed by atoms with van der Waals surface area (Å²) in [6.07, 6.45) is 1.10. The van der Waals surface area contributed by atoms with Crippen molar-refractivity contribution in [2.45, 2.75) is 19.3 Å². The Kier molecular flexibility index (Phi) is 3.01. The molecule has 2 aromatic rings. The second-order valence-corrected chi connectivity index (χ2v) is 5.57. The van der Waals surface area contributed by atoms with E-state index in [1.54, 1.807) is 19.2 Å². The maximum atomic E-state index is 12.4. The number of piperidine rings is 1. The van der Waals surface area contributed by atoms with E-state index >= 15 is 0 Å². The molecule has 2 amide bonds. The van der Waals surface area contributed by atoms with Gasteiger partial charge in [-0.15, -0.1) is 0 Å². The number of hydrogen-bond acceptors (Lipinski definition) is 3. The number of carbonyl (C=O) groups excluding carboxylic acids is 2. The monoisotopic (exact) mass is 337 g/mol. The van der Waals surface area contributed by atoms with Gasteiger partial charge in [0.05, 0.1) is 11.0 Å². The minimum absolute atomic E-state index is 0.280. The number of hydrogen-bond donors (Lipinski definition) is 0. The van der Waals surface area contributed by atoms with Gasteiger partial charge in [-0.2, -0.15) is 9.69 Å². The van der Waals surface area contributed by atoms with Crippen LogP contribution in [0, 0.1) is 0 Å². The van der Waals surface area contributed by atoms with Crippen LogP contribution in [0.5, 0.6) is 0 Å². The number of rotatable bonds is 1. The van der Waals surface area contributed by atoms with Crippen LogP contribution in [0.2, 0.25) is 0 Å². The van der Waals surface area contributed by atoms with Gasteiger partial charge in [-0.25, -0.2) is 4.79 Å². The van der Waals surface area contributed by atoms with E-state index in [9.17, 15) is 14.4 Å². The van der Waals surface area contributed by atoms with E-state index in [0.717, 1.165) is 9.48 Å². The zero-order valence-corrected chi connectivity index (χ0v) is 12.4. The first kappa shape index (κ1) is 13.1. The third kappa shape index (κ3) is 1.73. The number of para-hydroxylation sites is 1. The van der Waals surface area contributed by atoms with E-state index < -0.39 is 5.69 Å². The number of amides is 2. The highest BCUT2D eigenvalue weighted by Crippen LogP contribution is 2.23. The lowest BCUT2D eigenvalue weighted by Gasteiger charge is -2.24. The van der Waals surface area contributed by atoms with Crippen LogP contribution < -0.4 is 10.7 Å². The Bertz CT molecular complexity index is 774. The van der Waals surface area contributed by atoms with Gasteiger partial charge in [0.2, 0.25) is 11.8 Å². The number of aryl methyl sites for hydroxylation is 1. The SMILES string of the molecule is Cn1c(=O)n(N2C(=O)CCCC2=O)c2cccc(Br)c21. The molecule has 0 radical (unpaired) electrons. The van der Waals surface area contributed by atoms with E-state index in [0.29, 0.717) is 17.5 Å². The number of fused-ring (bicyclic) bond motifs is 1. The molecule has 104 valence electrons. The Labute approximate surface area is 122 Å². The lowest BCUT2D eigenvalue weighted by molar-refractivity contribution is -0.131. The standard InChI is InChI=1S/C13H12BrN3O3/c1-15-12-8(14)4-2-5-9(12)16(13(15)20)17-10(18)6-3-7-11(17)19/h2,4-5H,3,6-7H2,1H3. The van der Waals surface area contributed by atoms with Crippen LogP contribution in [0.25, 0.3) is 11.0 Å². The molecule has 20 heavy (non-hydrogen) atoms. The summed E-state index contributed by atoms with van der Waals surface area (Å²) in [5.74, 6) is -0.674. The van der Waals surface area contributed by atoms with E-state index in [-0.39, 0.29) is 24.7 Å². The molecular weight excluding hydrogens is 326 g/mol. The van der Waals surface area contributed by atoms with Gasteiger partial charge in [-0.3, -0.25) is 14.2 Å². The van der Waals surface area contributed by atoms with Crippen molar-refractivity contribution in [3.05, 3.63) is 33.2 Å². The summed E-state index contributed by atoms with van der Waals surface area (Å²) < 4.78 is 3.34. The van der Waals surface area contributed by atoms with Gasteiger partial charge in [0.1, 0.15) is 0 Å². The van der Waals surface area contributed by atoms with Gasteiger partial charge in [-0.1, -0.05) is 6.07 Å². The molecule has 0 aliphatic carbocycles. The van der Waals surface area contributed by atoms with Crippen LogP contribution >= 0.6 is 15.9 Å². The van der Waals surface area contributed by atoms with E-state index in [1.807, 2.05) is 6.07 Å². The van der Waals surface area contributed by atoms with Crippen molar-refractivity contribution in [2.24, 2.45) is 7.05 Å². The summed E-state index contributed by atoms with van der Waals surface area (Å²) in [7, 11) is 1.62. The molecular formula is C13H12BrN3O3. The molecule has 0 atom stereocenters. The third-order valence-corrected chi connectivity index (χ3v) is 4.09. The maximum Gasteiger partial charge on any atom is 0.348 e. The lowest BCUT2D eigenvalue weighted by Crippen LogP contribution is -2.52. The normalized spacial score (nSPS) is 16.2. The Hall–Kier alpha value is -1.89. The Morgan fingerprint density at radius 3 is 2.40 bits per heavy atom. The van der Waals surface area contributed by atoms with Crippen LogP contribution in [-0.4, -0.2) is 21.1 Å². The lowest BCUT2D eigenvalue weighted by atomic mass is 10.1. The summed E-state index contributed by atoms with van der Waals surface area (Å²) in [6.45, 7) is 0. The maximum absolute atomic E-state index is 12.4. The molecule has 2 heterocycles. The van der Waals surface area contributed by atoms with Gasteiger partial charge in [-0.05, 0) is 34.5 Å². The first-order valence-corrected chi connectivity index (χ1v) is 7.03. The molecule has 0 saturated carbocycles. The van der Waals surface area contributed by atoms with Crippen molar-refractivity contribution in [1.29, 1.82) is 0 Å². The first-order chi connectivity index (χ1) is 9.52. The van der Waals surface area contributed by atoms with E-state index in [2.05, 4.69) is 15.9 Å². The van der Waals surface area contributed by atoms with Crippen LogP contribution in [0.15, 0.2) is 27.5 Å². The second kappa shape index (κ2) is 4.59. The molecule has 6 nitrogen and oxygen atoms in total. The summed E-state index contributed by atoms with van der Waals surface area (Å²) in [5, 5.41) is 0.973. The molecule has 1 fully saturated rings. The Morgan fingerprint density at radius 2 is 1.75 bits per heavy atom. The molecule has 0 N–H and O–H groups in total. The molecule has 1 aromatic carbocycles. The molecule has 1 aliphatic heterocycles. The summed E-state index contributed by atoms with van der Waals surface area (Å²) in [6, 6.07) is 5.30. The Balaban J connectivity index is 2.34. The number of imide groups is 1. The van der Waals surface area contributed by atoms with Crippen molar-refractivity contribution in [1.82, 2.24) is 9.24 Å². The molecule has 0 spiro atoms. The molecule has 1 aromatic heterocycles. The van der Waals surface area contributed by atoms with Crippen molar-refractivity contribution >= 4 is 38.8 Å². The quantitative estimate of drug-likeness (QED) is 0.736. The van der Waals surface area contributed by atoms with Crippen molar-refractivity contribution in [3.8, 4) is 0 Å². The average Bonchev–Trinajstić information content (AvgIpc) is 2.65. The molecule has 7 heteroatoms. The highest BCUT2D eigenvalue weighted by Gasteiger charge is 2.31. The van der Waals surface area contributed by atoms with Gasteiger partial charge in [0.15, 0.2) is 0 Å². The fourth-order valence-corrected chi connectivity index (χ4v) is 3.13. The zero-order chi connectivity index (χ0) is 14.4. The van der Waals surface area contributed by atoms with Crippen LogP contribution in [-0.2, 0) is 16.6 Å². The van der Waals surface area contributed by atoms with Crippen molar-refractivity contribution in [3.63, 3.8) is 0 Å². The molecule has 3 rings (SSSR count). The van der Waals surface area contributed by atoms with E-state index in [4.69, 9.17) is 0 Å². The van der Waals surface area contributed by atoms with Gasteiger partial charge >= 0.3 is 5.69 Å². The fraction of sp³-hybridized carbons (Fsp3) is 0.308. The number of halogens is 1. The van der Waals surface area contributed by atoms with Crippen molar-refractivity contribution < 1.29 is 9.59 Å². The average molecular weight is 338 g/mol. The smallest absolute Gasteiger partial charge is 0.292 e. The number of nitrogens with zero attached hydrogens (tertiary/aromatic N) is 3. The zero-order valence-electron chi connectivity index (χ0n) is 10.8.